The number of nitrogens with one attached hydrogen (secondary N) is 1. The highest BCUT2D eigenvalue weighted by Gasteiger charge is 2.19. The number of aromatic nitrogens is 4. The molecule has 0 aliphatic rings. The predicted molar refractivity (Wildman–Crippen MR) is 133 cm³/mol. The van der Waals surface area contributed by atoms with E-state index in [9.17, 15) is 4.79 Å². The van der Waals surface area contributed by atoms with Crippen molar-refractivity contribution >= 4 is 34.1 Å². The standard InChI is InChI=1S/C23H25N5O4S2/c1-14(2)11-28-21(18-6-5-9-32-18)26-27-23(28)34-13-20(29)25-22-24-17(12-33-22)16-8-7-15(30-3)10-19(16)31-4/h5-10,12,14H,11,13H2,1-4H3,(H,24,25,29). The lowest BCUT2D eigenvalue weighted by molar-refractivity contribution is -0.113. The Kier molecular flexibility index (Phi) is 7.53. The van der Waals surface area contributed by atoms with Crippen molar-refractivity contribution in [2.75, 3.05) is 25.3 Å². The fourth-order valence-electron chi connectivity index (χ4n) is 3.26. The van der Waals surface area contributed by atoms with Crippen LogP contribution in [-0.4, -0.2) is 45.6 Å². The zero-order valence-corrected chi connectivity index (χ0v) is 20.9. The highest BCUT2D eigenvalue weighted by molar-refractivity contribution is 7.99. The van der Waals surface area contributed by atoms with Gasteiger partial charge in [-0.15, -0.1) is 21.5 Å². The van der Waals surface area contributed by atoms with Gasteiger partial charge < -0.3 is 19.2 Å². The molecule has 0 radical (unpaired) electrons. The first-order valence-corrected chi connectivity index (χ1v) is 12.4. The minimum atomic E-state index is -0.175. The van der Waals surface area contributed by atoms with Crippen LogP contribution >= 0.6 is 23.1 Å². The van der Waals surface area contributed by atoms with Crippen LogP contribution in [0, 0.1) is 5.92 Å². The van der Waals surface area contributed by atoms with E-state index < -0.39 is 0 Å². The van der Waals surface area contributed by atoms with Gasteiger partial charge in [-0.1, -0.05) is 25.6 Å². The van der Waals surface area contributed by atoms with Gasteiger partial charge in [0.05, 0.1) is 31.9 Å². The first-order chi connectivity index (χ1) is 16.5. The number of hydrogen-bond donors (Lipinski definition) is 1. The van der Waals surface area contributed by atoms with Crippen LogP contribution in [0.4, 0.5) is 5.13 Å². The molecule has 1 aromatic carbocycles. The summed E-state index contributed by atoms with van der Waals surface area (Å²) in [7, 11) is 3.20. The van der Waals surface area contributed by atoms with Crippen molar-refractivity contribution in [1.82, 2.24) is 19.7 Å². The second-order valence-electron chi connectivity index (χ2n) is 7.73. The predicted octanol–water partition coefficient (Wildman–Crippen LogP) is 5.07. The molecule has 3 heterocycles. The van der Waals surface area contributed by atoms with Crippen LogP contribution in [-0.2, 0) is 11.3 Å². The van der Waals surface area contributed by atoms with Gasteiger partial charge in [0.1, 0.15) is 11.5 Å². The van der Waals surface area contributed by atoms with Crippen LogP contribution in [0.5, 0.6) is 11.5 Å². The van der Waals surface area contributed by atoms with Crippen LogP contribution in [0.15, 0.2) is 51.5 Å². The maximum Gasteiger partial charge on any atom is 0.236 e. The fraction of sp³-hybridized carbons (Fsp3) is 0.304. The number of benzene rings is 1. The molecule has 0 unspecified atom stereocenters. The van der Waals surface area contributed by atoms with Gasteiger partial charge in [-0.05, 0) is 30.2 Å². The average Bonchev–Trinajstić information content (AvgIpc) is 3.58. The molecule has 0 saturated heterocycles. The zero-order chi connectivity index (χ0) is 24.1. The molecule has 4 aromatic rings. The number of thioether (sulfide) groups is 1. The molecule has 4 rings (SSSR count). The third kappa shape index (κ3) is 5.42. The molecule has 1 N–H and O–H groups in total. The number of hydrogen-bond acceptors (Lipinski definition) is 9. The number of methoxy groups -OCH3 is 2. The van der Waals surface area contributed by atoms with Crippen LogP contribution in [0.3, 0.4) is 0 Å². The van der Waals surface area contributed by atoms with Gasteiger partial charge in [0.15, 0.2) is 21.9 Å². The molecule has 0 aliphatic heterocycles. The highest BCUT2D eigenvalue weighted by Crippen LogP contribution is 2.35. The normalized spacial score (nSPS) is 11.1. The summed E-state index contributed by atoms with van der Waals surface area (Å²) in [5.74, 6) is 3.02. The molecule has 178 valence electrons. The van der Waals surface area contributed by atoms with Gasteiger partial charge in [0, 0.05) is 23.6 Å². The molecule has 1 amide bonds. The van der Waals surface area contributed by atoms with Crippen molar-refractivity contribution in [1.29, 1.82) is 0 Å². The van der Waals surface area contributed by atoms with Crippen LogP contribution in [0.1, 0.15) is 13.8 Å². The number of amides is 1. The van der Waals surface area contributed by atoms with Gasteiger partial charge in [0.25, 0.3) is 0 Å². The van der Waals surface area contributed by atoms with Crippen molar-refractivity contribution in [2.45, 2.75) is 25.5 Å². The lowest BCUT2D eigenvalue weighted by Gasteiger charge is -2.11. The van der Waals surface area contributed by atoms with E-state index in [1.165, 1.54) is 23.1 Å². The number of thiazole rings is 1. The Morgan fingerprint density at radius 2 is 2.09 bits per heavy atom. The lowest BCUT2D eigenvalue weighted by Crippen LogP contribution is -2.15. The smallest absolute Gasteiger partial charge is 0.236 e. The molecule has 0 bridgehead atoms. The number of carbonyl (C=O) groups is 1. The highest BCUT2D eigenvalue weighted by atomic mass is 32.2. The Morgan fingerprint density at radius 1 is 1.24 bits per heavy atom. The molecular formula is C23H25N5O4S2. The summed E-state index contributed by atoms with van der Waals surface area (Å²) in [6.07, 6.45) is 1.60. The third-order valence-electron chi connectivity index (χ3n) is 4.77. The number of nitrogens with zero attached hydrogens (tertiary/aromatic N) is 4. The molecule has 0 saturated carbocycles. The summed E-state index contributed by atoms with van der Waals surface area (Å²) in [4.78, 5) is 17.2. The van der Waals surface area contributed by atoms with E-state index in [-0.39, 0.29) is 11.7 Å². The summed E-state index contributed by atoms with van der Waals surface area (Å²) >= 11 is 2.68. The maximum absolute atomic E-state index is 12.6. The van der Waals surface area contributed by atoms with Gasteiger partial charge >= 0.3 is 0 Å². The second kappa shape index (κ2) is 10.7. The topological polar surface area (TPSA) is 104 Å². The number of carbonyl (C=O) groups excluding carboxylic acids is 1. The lowest BCUT2D eigenvalue weighted by atomic mass is 10.1. The minimum absolute atomic E-state index is 0.175. The Labute approximate surface area is 205 Å². The Balaban J connectivity index is 1.42. The summed E-state index contributed by atoms with van der Waals surface area (Å²) in [5, 5.41) is 14.5. The maximum atomic E-state index is 12.6. The Morgan fingerprint density at radius 3 is 2.79 bits per heavy atom. The molecule has 0 fully saturated rings. The van der Waals surface area contributed by atoms with E-state index in [0.29, 0.717) is 51.5 Å². The number of furan rings is 1. The van der Waals surface area contributed by atoms with Crippen LogP contribution < -0.4 is 14.8 Å². The van der Waals surface area contributed by atoms with E-state index in [4.69, 9.17) is 13.9 Å². The van der Waals surface area contributed by atoms with Crippen molar-refractivity contribution in [3.63, 3.8) is 0 Å². The second-order valence-corrected chi connectivity index (χ2v) is 9.53. The van der Waals surface area contributed by atoms with E-state index in [1.807, 2.05) is 34.2 Å². The van der Waals surface area contributed by atoms with Gasteiger partial charge in [0.2, 0.25) is 5.91 Å². The molecule has 11 heteroatoms. The van der Waals surface area contributed by atoms with Crippen molar-refractivity contribution < 1.29 is 18.7 Å². The van der Waals surface area contributed by atoms with E-state index in [0.717, 1.165) is 5.56 Å². The summed E-state index contributed by atoms with van der Waals surface area (Å²) < 4.78 is 18.2. The third-order valence-corrected chi connectivity index (χ3v) is 6.50. The molecule has 0 atom stereocenters. The first-order valence-electron chi connectivity index (χ1n) is 10.6. The summed E-state index contributed by atoms with van der Waals surface area (Å²) in [6.45, 7) is 4.95. The fourth-order valence-corrected chi connectivity index (χ4v) is 4.74. The number of ether oxygens (including phenoxy) is 2. The zero-order valence-electron chi connectivity index (χ0n) is 19.3. The van der Waals surface area contributed by atoms with E-state index in [1.54, 1.807) is 26.5 Å². The SMILES string of the molecule is COc1ccc(-c2csc(NC(=O)CSc3nnc(-c4ccco4)n3CC(C)C)n2)c(OC)c1. The van der Waals surface area contributed by atoms with Crippen LogP contribution in [0.25, 0.3) is 22.8 Å². The van der Waals surface area contributed by atoms with Crippen molar-refractivity contribution in [3.05, 3.63) is 42.0 Å². The molecular weight excluding hydrogens is 474 g/mol. The number of anilines is 1. The van der Waals surface area contributed by atoms with Crippen molar-refractivity contribution in [3.8, 4) is 34.3 Å². The quantitative estimate of drug-likeness (QED) is 0.302. The van der Waals surface area contributed by atoms with Gasteiger partial charge in [-0.3, -0.25) is 9.36 Å². The largest absolute Gasteiger partial charge is 0.497 e. The van der Waals surface area contributed by atoms with E-state index >= 15 is 0 Å². The molecule has 9 nitrogen and oxygen atoms in total. The average molecular weight is 500 g/mol. The Hall–Kier alpha value is -3.31. The Bertz CT molecular complexity index is 1250. The van der Waals surface area contributed by atoms with E-state index in [2.05, 4.69) is 34.3 Å². The first kappa shape index (κ1) is 23.8. The number of rotatable bonds is 10. The van der Waals surface area contributed by atoms with Crippen molar-refractivity contribution in [2.24, 2.45) is 5.92 Å². The van der Waals surface area contributed by atoms with Gasteiger partial charge in [-0.25, -0.2) is 4.98 Å². The summed E-state index contributed by atoms with van der Waals surface area (Å²) in [5.41, 5.74) is 1.54. The molecule has 3 aromatic heterocycles. The molecule has 0 aliphatic carbocycles. The monoisotopic (exact) mass is 499 g/mol. The van der Waals surface area contributed by atoms with Gasteiger partial charge in [-0.2, -0.15) is 0 Å². The van der Waals surface area contributed by atoms with Crippen LogP contribution in [0.2, 0.25) is 0 Å². The summed E-state index contributed by atoms with van der Waals surface area (Å²) in [6, 6.07) is 9.18. The minimum Gasteiger partial charge on any atom is -0.497 e. The molecule has 0 spiro atoms. The molecule has 34 heavy (non-hydrogen) atoms.